The average Bonchev–Trinajstić information content (AvgIpc) is 2.32. The van der Waals surface area contributed by atoms with E-state index in [1.54, 1.807) is 12.1 Å². The highest BCUT2D eigenvalue weighted by Gasteiger charge is 2.14. The Morgan fingerprint density at radius 1 is 1.24 bits per heavy atom. The number of imide groups is 1. The van der Waals surface area contributed by atoms with Gasteiger partial charge in [-0.25, -0.2) is 4.79 Å². The molecule has 0 bridgehead atoms. The summed E-state index contributed by atoms with van der Waals surface area (Å²) in [5.74, 6) is -0.328. The van der Waals surface area contributed by atoms with Crippen molar-refractivity contribution in [3.8, 4) is 0 Å². The summed E-state index contributed by atoms with van der Waals surface area (Å²) < 4.78 is 0. The maximum Gasteiger partial charge on any atom is 0.321 e. The van der Waals surface area contributed by atoms with Gasteiger partial charge in [0.25, 0.3) is 5.91 Å². The molecule has 0 saturated carbocycles. The van der Waals surface area contributed by atoms with Crippen LogP contribution in [0.4, 0.5) is 4.79 Å². The first kappa shape index (κ1) is 17.8. The van der Waals surface area contributed by atoms with E-state index in [9.17, 15) is 9.59 Å². The molecule has 3 N–H and O–H groups in total. The third-order valence-electron chi connectivity index (χ3n) is 2.62. The molecule has 7 heteroatoms. The highest BCUT2D eigenvalue weighted by atomic mass is 35.5. The van der Waals surface area contributed by atoms with Gasteiger partial charge in [-0.05, 0) is 26.0 Å². The molecule has 3 amide bonds. The van der Waals surface area contributed by atoms with Crippen molar-refractivity contribution in [1.29, 1.82) is 0 Å². The Labute approximate surface area is 134 Å². The number of carbonyl (C=O) groups is 2. The van der Waals surface area contributed by atoms with E-state index in [1.807, 2.05) is 27.0 Å². The van der Waals surface area contributed by atoms with Crippen molar-refractivity contribution in [2.24, 2.45) is 0 Å². The van der Waals surface area contributed by atoms with Gasteiger partial charge in [0, 0.05) is 11.6 Å². The molecular formula is C14H20Cl2N3O2+. The molecule has 0 aliphatic rings. The second-order valence-electron chi connectivity index (χ2n) is 5.24. The van der Waals surface area contributed by atoms with Crippen molar-refractivity contribution in [3.05, 3.63) is 33.8 Å². The number of hydrogen-bond donors (Lipinski definition) is 3. The van der Waals surface area contributed by atoms with Gasteiger partial charge >= 0.3 is 6.03 Å². The summed E-state index contributed by atoms with van der Waals surface area (Å²) >= 11 is 11.8. The molecule has 0 aromatic heterocycles. The van der Waals surface area contributed by atoms with Crippen molar-refractivity contribution in [1.82, 2.24) is 10.6 Å². The first-order valence-corrected chi connectivity index (χ1v) is 7.39. The number of nitrogens with one attached hydrogen (secondary N) is 3. The summed E-state index contributed by atoms with van der Waals surface area (Å²) in [6, 6.07) is 4.87. The third-order valence-corrected chi connectivity index (χ3v) is 3.36. The SMILES string of the molecule is CC(C)NC(=O)NC(=O)C[NH+](C)Cc1ccc(Cl)c(Cl)c1. The standard InChI is InChI=1S/C14H19Cl2N3O2/c1-9(2)17-14(21)18-13(20)8-19(3)7-10-4-5-11(15)12(16)6-10/h4-6,9H,7-8H2,1-3H3,(H2,17,18,20,21)/p+1. The molecule has 0 radical (unpaired) electrons. The Morgan fingerprint density at radius 2 is 1.90 bits per heavy atom. The van der Waals surface area contributed by atoms with Gasteiger partial charge in [0.1, 0.15) is 6.54 Å². The summed E-state index contributed by atoms with van der Waals surface area (Å²) in [4.78, 5) is 24.1. The maximum absolute atomic E-state index is 11.7. The number of quaternary nitrogens is 1. The molecule has 1 aromatic rings. The van der Waals surface area contributed by atoms with E-state index < -0.39 is 6.03 Å². The molecule has 0 heterocycles. The Hall–Kier alpha value is -1.30. The van der Waals surface area contributed by atoms with Gasteiger partial charge in [0.05, 0.1) is 17.1 Å². The van der Waals surface area contributed by atoms with E-state index in [1.165, 1.54) is 0 Å². The van der Waals surface area contributed by atoms with Crippen LogP contribution < -0.4 is 15.5 Å². The average molecular weight is 333 g/mol. The van der Waals surface area contributed by atoms with Crippen LogP contribution in [0.1, 0.15) is 19.4 Å². The molecule has 0 fully saturated rings. The Morgan fingerprint density at radius 3 is 2.48 bits per heavy atom. The summed E-state index contributed by atoms with van der Waals surface area (Å²) in [5.41, 5.74) is 0.973. The minimum atomic E-state index is -0.475. The smallest absolute Gasteiger partial charge is 0.321 e. The second kappa shape index (κ2) is 8.22. The summed E-state index contributed by atoms with van der Waals surface area (Å²) in [6.45, 7) is 4.44. The van der Waals surface area contributed by atoms with E-state index >= 15 is 0 Å². The van der Waals surface area contributed by atoms with Gasteiger partial charge in [-0.15, -0.1) is 0 Å². The molecule has 1 rings (SSSR count). The summed E-state index contributed by atoms with van der Waals surface area (Å²) in [6.07, 6.45) is 0. The molecule has 116 valence electrons. The quantitative estimate of drug-likeness (QED) is 0.759. The lowest BCUT2D eigenvalue weighted by Crippen LogP contribution is -3.09. The fourth-order valence-electron chi connectivity index (χ4n) is 1.80. The minimum absolute atomic E-state index is 0.0147. The van der Waals surface area contributed by atoms with Crippen molar-refractivity contribution in [2.45, 2.75) is 26.4 Å². The number of hydrogen-bond acceptors (Lipinski definition) is 2. The predicted octanol–water partition coefficient (Wildman–Crippen LogP) is 1.24. The number of urea groups is 1. The number of benzene rings is 1. The van der Waals surface area contributed by atoms with E-state index in [4.69, 9.17) is 23.2 Å². The highest BCUT2D eigenvalue weighted by Crippen LogP contribution is 2.22. The molecular weight excluding hydrogens is 313 g/mol. The lowest BCUT2D eigenvalue weighted by Gasteiger charge is -2.14. The van der Waals surface area contributed by atoms with E-state index in [-0.39, 0.29) is 18.5 Å². The first-order valence-electron chi connectivity index (χ1n) is 6.63. The Bertz CT molecular complexity index is 521. The zero-order chi connectivity index (χ0) is 16.0. The van der Waals surface area contributed by atoms with Crippen LogP contribution in [0.2, 0.25) is 10.0 Å². The van der Waals surface area contributed by atoms with Crippen LogP contribution in [-0.2, 0) is 11.3 Å². The fourth-order valence-corrected chi connectivity index (χ4v) is 2.12. The van der Waals surface area contributed by atoms with Gasteiger partial charge in [-0.1, -0.05) is 29.3 Å². The molecule has 0 saturated heterocycles. The molecule has 1 atom stereocenters. The van der Waals surface area contributed by atoms with Gasteiger partial charge < -0.3 is 10.2 Å². The number of rotatable bonds is 5. The first-order chi connectivity index (χ1) is 9.77. The van der Waals surface area contributed by atoms with Crippen LogP contribution in [0.15, 0.2) is 18.2 Å². The van der Waals surface area contributed by atoms with Crippen molar-refractivity contribution < 1.29 is 14.5 Å². The molecule has 0 aliphatic carbocycles. The molecule has 0 spiro atoms. The van der Waals surface area contributed by atoms with Crippen LogP contribution >= 0.6 is 23.2 Å². The van der Waals surface area contributed by atoms with Crippen molar-refractivity contribution in [3.63, 3.8) is 0 Å². The molecule has 1 unspecified atom stereocenters. The van der Waals surface area contributed by atoms with Gasteiger partial charge in [-0.2, -0.15) is 0 Å². The van der Waals surface area contributed by atoms with E-state index in [0.717, 1.165) is 10.5 Å². The number of likely N-dealkylation sites (N-methyl/N-ethyl adjacent to an activating group) is 1. The second-order valence-corrected chi connectivity index (χ2v) is 6.05. The van der Waals surface area contributed by atoms with Gasteiger partial charge in [0.2, 0.25) is 0 Å². The monoisotopic (exact) mass is 332 g/mol. The largest absolute Gasteiger partial charge is 0.336 e. The van der Waals surface area contributed by atoms with Gasteiger partial charge in [0.15, 0.2) is 6.54 Å². The fraction of sp³-hybridized carbons (Fsp3) is 0.429. The lowest BCUT2D eigenvalue weighted by molar-refractivity contribution is -0.885. The van der Waals surface area contributed by atoms with E-state index in [0.29, 0.717) is 16.6 Å². The number of amides is 3. The zero-order valence-electron chi connectivity index (χ0n) is 12.3. The van der Waals surface area contributed by atoms with Crippen LogP contribution in [-0.4, -0.2) is 31.6 Å². The van der Waals surface area contributed by atoms with E-state index in [2.05, 4.69) is 10.6 Å². The van der Waals surface area contributed by atoms with Crippen LogP contribution in [0.3, 0.4) is 0 Å². The third kappa shape index (κ3) is 6.80. The number of halogens is 2. The highest BCUT2D eigenvalue weighted by molar-refractivity contribution is 6.42. The minimum Gasteiger partial charge on any atom is -0.336 e. The molecule has 1 aromatic carbocycles. The van der Waals surface area contributed by atoms with Crippen LogP contribution in [0.5, 0.6) is 0 Å². The van der Waals surface area contributed by atoms with Gasteiger partial charge in [-0.3, -0.25) is 10.1 Å². The molecule has 21 heavy (non-hydrogen) atoms. The molecule has 5 nitrogen and oxygen atoms in total. The Kier molecular flexibility index (Phi) is 6.95. The maximum atomic E-state index is 11.7. The van der Waals surface area contributed by atoms with Crippen molar-refractivity contribution >= 4 is 35.1 Å². The van der Waals surface area contributed by atoms with Crippen LogP contribution in [0.25, 0.3) is 0 Å². The van der Waals surface area contributed by atoms with Crippen molar-refractivity contribution in [2.75, 3.05) is 13.6 Å². The molecule has 0 aliphatic heterocycles. The Balaban J connectivity index is 2.45. The lowest BCUT2D eigenvalue weighted by atomic mass is 10.2. The predicted molar refractivity (Wildman–Crippen MR) is 83.7 cm³/mol. The topological polar surface area (TPSA) is 62.6 Å². The zero-order valence-corrected chi connectivity index (χ0v) is 13.8. The normalized spacial score (nSPS) is 12.1. The van der Waals surface area contributed by atoms with Crippen LogP contribution in [0, 0.1) is 0 Å². The summed E-state index contributed by atoms with van der Waals surface area (Å²) in [7, 11) is 1.86. The summed E-state index contributed by atoms with van der Waals surface area (Å²) in [5, 5.41) is 5.88. The number of carbonyl (C=O) groups excluding carboxylic acids is 2.